The second-order valence-corrected chi connectivity index (χ2v) is 6.82. The molecule has 1 aliphatic rings. The van der Waals surface area contributed by atoms with Gasteiger partial charge in [-0.15, -0.1) is 0 Å². The van der Waals surface area contributed by atoms with Crippen molar-refractivity contribution in [2.45, 2.75) is 17.7 Å². The molecule has 0 spiro atoms. The van der Waals surface area contributed by atoms with Crippen molar-refractivity contribution in [2.24, 2.45) is 16.8 Å². The summed E-state index contributed by atoms with van der Waals surface area (Å²) in [5.74, 6) is 0.702. The number of hydrogen-bond donors (Lipinski definition) is 2. The van der Waals surface area contributed by atoms with Gasteiger partial charge in [-0.25, -0.2) is 8.42 Å². The highest BCUT2D eigenvalue weighted by molar-refractivity contribution is 7.89. The Morgan fingerprint density at radius 1 is 1.33 bits per heavy atom. The van der Waals surface area contributed by atoms with Crippen LogP contribution in [0.15, 0.2) is 34.3 Å². The topological polar surface area (TPSA) is 105 Å². The maximum Gasteiger partial charge on any atom is 0.243 e. The number of oxime groups is 1. The van der Waals surface area contributed by atoms with Gasteiger partial charge in [0.1, 0.15) is 11.6 Å². The normalized spacial score (nSPS) is 18.6. The van der Waals surface area contributed by atoms with E-state index in [1.54, 1.807) is 12.1 Å². The van der Waals surface area contributed by atoms with Gasteiger partial charge in [-0.05, 0) is 37.1 Å². The van der Waals surface area contributed by atoms with E-state index in [1.165, 1.54) is 23.5 Å². The fourth-order valence-electron chi connectivity index (χ4n) is 2.37. The van der Waals surface area contributed by atoms with Crippen LogP contribution in [0.2, 0.25) is 0 Å². The Bertz CT molecular complexity index is 605. The van der Waals surface area contributed by atoms with Gasteiger partial charge in [0, 0.05) is 19.0 Å². The summed E-state index contributed by atoms with van der Waals surface area (Å²) in [4.78, 5) is 0.241. The number of rotatable bonds is 4. The molecule has 1 aromatic rings. The molecule has 0 aliphatic carbocycles. The molecule has 1 saturated heterocycles. The number of methoxy groups -OCH3 is 1. The van der Waals surface area contributed by atoms with Gasteiger partial charge in [-0.1, -0.05) is 5.16 Å². The Hall–Kier alpha value is -1.80. The van der Waals surface area contributed by atoms with Crippen molar-refractivity contribution in [3.8, 4) is 5.75 Å². The van der Waals surface area contributed by atoms with E-state index in [-0.39, 0.29) is 16.6 Å². The maximum absolute atomic E-state index is 12.5. The summed E-state index contributed by atoms with van der Waals surface area (Å²) in [5.41, 5.74) is 5.56. The molecule has 0 unspecified atom stereocenters. The molecule has 8 heteroatoms. The molecule has 1 heterocycles. The van der Waals surface area contributed by atoms with Gasteiger partial charge in [0.05, 0.1) is 12.0 Å². The first kappa shape index (κ1) is 15.6. The molecule has 1 aromatic carbocycles. The molecule has 0 saturated carbocycles. The van der Waals surface area contributed by atoms with Crippen molar-refractivity contribution >= 4 is 15.9 Å². The van der Waals surface area contributed by atoms with Gasteiger partial charge in [0.15, 0.2) is 0 Å². The lowest BCUT2D eigenvalue weighted by Gasteiger charge is -2.30. The molecular weight excluding hydrogens is 294 g/mol. The average molecular weight is 313 g/mol. The Morgan fingerprint density at radius 2 is 1.90 bits per heavy atom. The number of hydrogen-bond acceptors (Lipinski definition) is 5. The lowest BCUT2D eigenvalue weighted by atomic mass is 9.97. The molecule has 7 nitrogen and oxygen atoms in total. The van der Waals surface area contributed by atoms with Crippen molar-refractivity contribution in [3.05, 3.63) is 24.3 Å². The molecule has 1 fully saturated rings. The number of amidine groups is 1. The zero-order valence-corrected chi connectivity index (χ0v) is 12.6. The Labute approximate surface area is 124 Å². The van der Waals surface area contributed by atoms with Crippen LogP contribution in [0.25, 0.3) is 0 Å². The third-order valence-electron chi connectivity index (χ3n) is 3.68. The number of piperidine rings is 1. The first-order chi connectivity index (χ1) is 9.98. The summed E-state index contributed by atoms with van der Waals surface area (Å²) in [6.45, 7) is 0.713. The SMILES string of the molecule is COc1ccc(S(=O)(=O)N2CCC(C(N)=NO)CC2)cc1. The first-order valence-corrected chi connectivity index (χ1v) is 8.04. The summed E-state index contributed by atoms with van der Waals surface area (Å²) >= 11 is 0. The molecule has 0 atom stereocenters. The highest BCUT2D eigenvalue weighted by atomic mass is 32.2. The lowest BCUT2D eigenvalue weighted by molar-refractivity contribution is 0.291. The fraction of sp³-hybridized carbons (Fsp3) is 0.462. The quantitative estimate of drug-likeness (QED) is 0.371. The van der Waals surface area contributed by atoms with Crippen molar-refractivity contribution in [1.82, 2.24) is 4.31 Å². The van der Waals surface area contributed by atoms with Crippen LogP contribution in [0.5, 0.6) is 5.75 Å². The zero-order chi connectivity index (χ0) is 15.5. The first-order valence-electron chi connectivity index (χ1n) is 6.60. The molecule has 1 aliphatic heterocycles. The molecule has 116 valence electrons. The molecule has 2 rings (SSSR count). The van der Waals surface area contributed by atoms with Crippen LogP contribution < -0.4 is 10.5 Å². The van der Waals surface area contributed by atoms with Crippen LogP contribution in [0.1, 0.15) is 12.8 Å². The number of ether oxygens (including phenoxy) is 1. The number of benzene rings is 1. The van der Waals surface area contributed by atoms with Crippen LogP contribution >= 0.6 is 0 Å². The van der Waals surface area contributed by atoms with Crippen molar-refractivity contribution < 1.29 is 18.4 Å². The second kappa shape index (κ2) is 6.31. The minimum absolute atomic E-state index is 0.0719. The van der Waals surface area contributed by atoms with Gasteiger partial charge < -0.3 is 15.7 Å². The summed E-state index contributed by atoms with van der Waals surface area (Å²) < 4.78 is 31.5. The maximum atomic E-state index is 12.5. The zero-order valence-electron chi connectivity index (χ0n) is 11.8. The molecule has 0 aromatic heterocycles. The predicted octanol–water partition coefficient (Wildman–Crippen LogP) is 0.842. The molecular formula is C13H19N3O4S. The smallest absolute Gasteiger partial charge is 0.243 e. The Kier molecular flexibility index (Phi) is 4.69. The van der Waals surface area contributed by atoms with Gasteiger partial charge >= 0.3 is 0 Å². The summed E-state index contributed by atoms with van der Waals surface area (Å²) in [6, 6.07) is 6.31. The van der Waals surface area contributed by atoms with Crippen LogP contribution in [-0.4, -0.2) is 44.0 Å². The predicted molar refractivity (Wildman–Crippen MR) is 77.9 cm³/mol. The summed E-state index contributed by atoms with van der Waals surface area (Å²) in [5, 5.41) is 11.6. The van der Waals surface area contributed by atoms with E-state index in [4.69, 9.17) is 15.7 Å². The van der Waals surface area contributed by atoms with Crippen molar-refractivity contribution in [2.75, 3.05) is 20.2 Å². The molecule has 0 radical (unpaired) electrons. The number of nitrogens with zero attached hydrogens (tertiary/aromatic N) is 2. The molecule has 21 heavy (non-hydrogen) atoms. The Balaban J connectivity index is 2.10. The van der Waals surface area contributed by atoms with E-state index in [0.717, 1.165) is 0 Å². The molecule has 0 amide bonds. The Morgan fingerprint density at radius 3 is 2.38 bits per heavy atom. The average Bonchev–Trinajstić information content (AvgIpc) is 2.54. The molecule has 0 bridgehead atoms. The van der Waals surface area contributed by atoms with Gasteiger partial charge in [0.25, 0.3) is 0 Å². The lowest BCUT2D eigenvalue weighted by Crippen LogP contribution is -2.41. The van der Waals surface area contributed by atoms with E-state index in [2.05, 4.69) is 5.16 Å². The molecule has 3 N–H and O–H groups in total. The van der Waals surface area contributed by atoms with E-state index in [1.807, 2.05) is 0 Å². The second-order valence-electron chi connectivity index (χ2n) is 4.88. The third-order valence-corrected chi connectivity index (χ3v) is 5.60. The largest absolute Gasteiger partial charge is 0.497 e. The van der Waals surface area contributed by atoms with Gasteiger partial charge in [0.2, 0.25) is 10.0 Å². The minimum atomic E-state index is -3.51. The summed E-state index contributed by atoms with van der Waals surface area (Å²) in [7, 11) is -1.98. The van der Waals surface area contributed by atoms with E-state index in [9.17, 15) is 8.42 Å². The number of sulfonamides is 1. The van der Waals surface area contributed by atoms with E-state index < -0.39 is 10.0 Å². The summed E-state index contributed by atoms with van der Waals surface area (Å²) in [6.07, 6.45) is 1.09. The highest BCUT2D eigenvalue weighted by Gasteiger charge is 2.30. The monoisotopic (exact) mass is 313 g/mol. The van der Waals surface area contributed by atoms with Crippen molar-refractivity contribution in [3.63, 3.8) is 0 Å². The van der Waals surface area contributed by atoms with E-state index >= 15 is 0 Å². The minimum Gasteiger partial charge on any atom is -0.497 e. The van der Waals surface area contributed by atoms with Crippen LogP contribution in [0, 0.1) is 5.92 Å². The van der Waals surface area contributed by atoms with Crippen LogP contribution in [0.3, 0.4) is 0 Å². The van der Waals surface area contributed by atoms with Crippen molar-refractivity contribution in [1.29, 1.82) is 0 Å². The van der Waals surface area contributed by atoms with Gasteiger partial charge in [-0.3, -0.25) is 0 Å². The third kappa shape index (κ3) is 3.27. The number of nitrogens with two attached hydrogens (primary N) is 1. The van der Waals surface area contributed by atoms with Crippen LogP contribution in [-0.2, 0) is 10.0 Å². The highest BCUT2D eigenvalue weighted by Crippen LogP contribution is 2.25. The fourth-order valence-corrected chi connectivity index (χ4v) is 3.84. The standard InChI is InChI=1S/C13H19N3O4S/c1-20-11-2-4-12(5-3-11)21(18,19)16-8-6-10(7-9-16)13(14)15-17/h2-5,10,17H,6-9H2,1H3,(H2,14,15). The van der Waals surface area contributed by atoms with E-state index in [0.29, 0.717) is 31.7 Å². The van der Waals surface area contributed by atoms with Crippen LogP contribution in [0.4, 0.5) is 0 Å². The van der Waals surface area contributed by atoms with Gasteiger partial charge in [-0.2, -0.15) is 4.31 Å².